The summed E-state index contributed by atoms with van der Waals surface area (Å²) >= 11 is 0. The minimum absolute atomic E-state index is 0.968. The first-order valence-electron chi connectivity index (χ1n) is 8.37. The van der Waals surface area contributed by atoms with E-state index in [1.807, 2.05) is 16.8 Å². The Balaban J connectivity index is 1.44. The van der Waals surface area contributed by atoms with Crippen molar-refractivity contribution in [3.05, 3.63) is 24.3 Å². The molecule has 2 aromatic rings. The van der Waals surface area contributed by atoms with Crippen molar-refractivity contribution < 1.29 is 0 Å². The number of rotatable bonds is 6. The molecule has 4 nitrogen and oxygen atoms in total. The van der Waals surface area contributed by atoms with Gasteiger partial charge < -0.3 is 4.90 Å². The van der Waals surface area contributed by atoms with Crippen molar-refractivity contribution >= 4 is 11.0 Å². The van der Waals surface area contributed by atoms with Crippen LogP contribution in [0.3, 0.4) is 0 Å². The predicted octanol–water partition coefficient (Wildman–Crippen LogP) is 3.33. The number of likely N-dealkylation sites (tertiary alicyclic amines) is 1. The van der Waals surface area contributed by atoms with Crippen LogP contribution in [0, 0.1) is 5.92 Å². The van der Waals surface area contributed by atoms with E-state index in [0.717, 1.165) is 29.9 Å². The van der Waals surface area contributed by atoms with Gasteiger partial charge in [-0.15, -0.1) is 5.10 Å². The fourth-order valence-corrected chi connectivity index (χ4v) is 3.43. The highest BCUT2D eigenvalue weighted by Crippen LogP contribution is 2.21. The van der Waals surface area contributed by atoms with Crippen LogP contribution in [0.4, 0.5) is 0 Å². The molecule has 0 radical (unpaired) electrons. The van der Waals surface area contributed by atoms with Crippen LogP contribution >= 0.6 is 0 Å². The fourth-order valence-electron chi connectivity index (χ4n) is 3.43. The van der Waals surface area contributed by atoms with E-state index in [1.165, 1.54) is 45.3 Å². The smallest absolute Gasteiger partial charge is 0.113 e. The first kappa shape index (κ1) is 14.5. The molecule has 21 heavy (non-hydrogen) atoms. The highest BCUT2D eigenvalue weighted by molar-refractivity contribution is 5.73. The summed E-state index contributed by atoms with van der Waals surface area (Å²) in [6.45, 7) is 7.02. The van der Waals surface area contributed by atoms with Crippen LogP contribution < -0.4 is 0 Å². The molecule has 1 aromatic heterocycles. The Kier molecular flexibility index (Phi) is 4.86. The van der Waals surface area contributed by atoms with Crippen LogP contribution in [0.25, 0.3) is 11.0 Å². The van der Waals surface area contributed by atoms with Gasteiger partial charge in [0.1, 0.15) is 5.52 Å². The van der Waals surface area contributed by atoms with E-state index in [4.69, 9.17) is 0 Å². The molecule has 0 unspecified atom stereocenters. The lowest BCUT2D eigenvalue weighted by Gasteiger charge is -2.31. The van der Waals surface area contributed by atoms with E-state index < -0.39 is 0 Å². The van der Waals surface area contributed by atoms with Gasteiger partial charge in [0.05, 0.1) is 5.52 Å². The Morgan fingerprint density at radius 1 is 1.14 bits per heavy atom. The van der Waals surface area contributed by atoms with Crippen molar-refractivity contribution in [2.24, 2.45) is 5.92 Å². The second kappa shape index (κ2) is 7.03. The molecule has 3 rings (SSSR count). The average molecular weight is 286 g/mol. The number of piperidine rings is 1. The molecule has 1 aliphatic heterocycles. The molecule has 1 aromatic carbocycles. The molecule has 1 fully saturated rings. The molecule has 0 spiro atoms. The van der Waals surface area contributed by atoms with Gasteiger partial charge in [0.2, 0.25) is 0 Å². The molecule has 0 N–H and O–H groups in total. The minimum Gasteiger partial charge on any atom is -0.303 e. The largest absolute Gasteiger partial charge is 0.303 e. The van der Waals surface area contributed by atoms with Gasteiger partial charge in [-0.1, -0.05) is 37.1 Å². The van der Waals surface area contributed by atoms with E-state index in [9.17, 15) is 0 Å². The quantitative estimate of drug-likeness (QED) is 0.817. The number of para-hydroxylation sites is 1. The maximum atomic E-state index is 4.26. The molecular weight excluding hydrogens is 260 g/mol. The molecule has 1 aliphatic rings. The topological polar surface area (TPSA) is 34.0 Å². The summed E-state index contributed by atoms with van der Waals surface area (Å²) in [7, 11) is 0. The van der Waals surface area contributed by atoms with E-state index in [-0.39, 0.29) is 0 Å². The van der Waals surface area contributed by atoms with Gasteiger partial charge in [-0.05, 0) is 56.9 Å². The van der Waals surface area contributed by atoms with E-state index in [1.54, 1.807) is 0 Å². The summed E-state index contributed by atoms with van der Waals surface area (Å²) in [5, 5.41) is 8.48. The number of nitrogens with zero attached hydrogens (tertiary/aromatic N) is 4. The number of benzene rings is 1. The lowest BCUT2D eigenvalue weighted by molar-refractivity contribution is 0.174. The van der Waals surface area contributed by atoms with Crippen molar-refractivity contribution in [3.63, 3.8) is 0 Å². The molecule has 0 saturated carbocycles. The van der Waals surface area contributed by atoms with Crippen LogP contribution in [0.2, 0.25) is 0 Å². The summed E-state index contributed by atoms with van der Waals surface area (Å²) in [4.78, 5) is 2.62. The molecular formula is C17H26N4. The number of hydrogen-bond acceptors (Lipinski definition) is 3. The number of hydrogen-bond donors (Lipinski definition) is 0. The second-order valence-electron chi connectivity index (χ2n) is 6.23. The van der Waals surface area contributed by atoms with Gasteiger partial charge in [0.25, 0.3) is 0 Å². The van der Waals surface area contributed by atoms with Crippen molar-refractivity contribution in [2.75, 3.05) is 19.6 Å². The Morgan fingerprint density at radius 3 is 2.76 bits per heavy atom. The third kappa shape index (κ3) is 3.62. The zero-order valence-corrected chi connectivity index (χ0v) is 13.0. The first-order valence-corrected chi connectivity index (χ1v) is 8.37. The van der Waals surface area contributed by atoms with Gasteiger partial charge in [0, 0.05) is 6.54 Å². The molecule has 0 aliphatic carbocycles. The predicted molar refractivity (Wildman–Crippen MR) is 86.2 cm³/mol. The molecule has 0 atom stereocenters. The summed E-state index contributed by atoms with van der Waals surface area (Å²) in [6.07, 6.45) is 6.69. The third-order valence-corrected chi connectivity index (χ3v) is 4.67. The van der Waals surface area contributed by atoms with Crippen molar-refractivity contribution in [2.45, 2.75) is 45.6 Å². The van der Waals surface area contributed by atoms with E-state index >= 15 is 0 Å². The summed E-state index contributed by atoms with van der Waals surface area (Å²) in [5.41, 5.74) is 2.15. The summed E-state index contributed by atoms with van der Waals surface area (Å²) < 4.78 is 2.04. The molecule has 1 saturated heterocycles. The number of aromatic nitrogens is 3. The molecule has 0 bridgehead atoms. The maximum Gasteiger partial charge on any atom is 0.113 e. The minimum atomic E-state index is 0.968. The van der Waals surface area contributed by atoms with Crippen LogP contribution in [0.5, 0.6) is 0 Å². The summed E-state index contributed by atoms with van der Waals surface area (Å²) in [5.74, 6) is 0.977. The van der Waals surface area contributed by atoms with Gasteiger partial charge in [0.15, 0.2) is 0 Å². The normalized spacial score (nSPS) is 17.6. The molecule has 2 heterocycles. The Hall–Kier alpha value is -1.42. The van der Waals surface area contributed by atoms with E-state index in [2.05, 4.69) is 34.3 Å². The number of fused-ring (bicyclic) bond motifs is 1. The lowest BCUT2D eigenvalue weighted by atomic mass is 9.92. The van der Waals surface area contributed by atoms with Gasteiger partial charge in [-0.25, -0.2) is 4.68 Å². The standard InChI is InChI=1S/C17H26N4/c1-2-6-15-9-13-20(14-10-15)11-5-12-21-17-8-4-3-7-16(17)18-19-21/h3-4,7-8,15H,2,5-6,9-14H2,1H3. The number of aryl methyl sites for hydroxylation is 1. The van der Waals surface area contributed by atoms with Crippen LogP contribution in [-0.4, -0.2) is 39.5 Å². The van der Waals surface area contributed by atoms with Crippen LogP contribution in [0.1, 0.15) is 39.0 Å². The van der Waals surface area contributed by atoms with E-state index in [0.29, 0.717) is 0 Å². The third-order valence-electron chi connectivity index (χ3n) is 4.67. The Bertz CT molecular complexity index is 555. The SMILES string of the molecule is CCCC1CCN(CCCn2nnc3ccccc32)CC1. The summed E-state index contributed by atoms with van der Waals surface area (Å²) in [6, 6.07) is 8.20. The zero-order chi connectivity index (χ0) is 14.5. The Morgan fingerprint density at radius 2 is 1.95 bits per heavy atom. The van der Waals surface area contributed by atoms with Crippen molar-refractivity contribution in [1.29, 1.82) is 0 Å². The van der Waals surface area contributed by atoms with Crippen LogP contribution in [0.15, 0.2) is 24.3 Å². The van der Waals surface area contributed by atoms with Gasteiger partial charge >= 0.3 is 0 Å². The van der Waals surface area contributed by atoms with Gasteiger partial charge in [-0.3, -0.25) is 0 Å². The zero-order valence-electron chi connectivity index (χ0n) is 13.0. The fraction of sp³-hybridized carbons (Fsp3) is 0.647. The molecule has 114 valence electrons. The molecule has 4 heteroatoms. The Labute approximate surface area is 127 Å². The second-order valence-corrected chi connectivity index (χ2v) is 6.23. The highest BCUT2D eigenvalue weighted by Gasteiger charge is 2.17. The monoisotopic (exact) mass is 286 g/mol. The average Bonchev–Trinajstić information content (AvgIpc) is 2.93. The first-order chi connectivity index (χ1) is 10.4. The molecule has 0 amide bonds. The van der Waals surface area contributed by atoms with Gasteiger partial charge in [-0.2, -0.15) is 0 Å². The maximum absolute atomic E-state index is 4.26. The van der Waals surface area contributed by atoms with Crippen LogP contribution in [-0.2, 0) is 6.54 Å². The lowest BCUT2D eigenvalue weighted by Crippen LogP contribution is -2.34. The van der Waals surface area contributed by atoms with Crippen molar-refractivity contribution in [3.8, 4) is 0 Å². The van der Waals surface area contributed by atoms with Crippen molar-refractivity contribution in [1.82, 2.24) is 19.9 Å². The highest BCUT2D eigenvalue weighted by atomic mass is 15.4.